The predicted molar refractivity (Wildman–Crippen MR) is 43.8 cm³/mol. The summed E-state index contributed by atoms with van der Waals surface area (Å²) in [6.45, 7) is 0. The minimum absolute atomic E-state index is 0.115. The fraction of sp³-hybridized carbons (Fsp3) is 0. The normalized spacial score (nSPS) is 10.5. The maximum atomic E-state index is 8.76. The maximum Gasteiger partial charge on any atom is 0.526 e. The van der Waals surface area contributed by atoms with Gasteiger partial charge in [0.25, 0.3) is 0 Å². The van der Waals surface area contributed by atoms with Crippen LogP contribution in [-0.4, -0.2) is 22.2 Å². The Labute approximate surface area is 68.6 Å². The lowest BCUT2D eigenvalue weighted by Gasteiger charge is -1.87. The molecule has 4 nitrogen and oxygen atoms in total. The minimum atomic E-state index is -1.57. The van der Waals surface area contributed by atoms with Crippen molar-refractivity contribution in [2.75, 3.05) is 0 Å². The lowest BCUT2D eigenvalue weighted by Crippen LogP contribution is -2.27. The second kappa shape index (κ2) is 2.62. The smallest absolute Gasteiger partial charge is 0.447 e. The van der Waals surface area contributed by atoms with E-state index >= 15 is 0 Å². The third kappa shape index (κ3) is 1.09. The zero-order valence-electron chi connectivity index (χ0n) is 6.14. The molecule has 0 fully saturated rings. The van der Waals surface area contributed by atoms with Crippen LogP contribution in [0.25, 0.3) is 11.1 Å². The Kier molecular flexibility index (Phi) is 1.60. The number of furan rings is 1. The minimum Gasteiger partial charge on any atom is -0.447 e. The highest BCUT2D eigenvalue weighted by molar-refractivity contribution is 6.57. The first-order valence-electron chi connectivity index (χ1n) is 3.48. The average Bonchev–Trinajstić information content (AvgIpc) is 2.46. The molecule has 2 rings (SSSR count). The van der Waals surface area contributed by atoms with Crippen LogP contribution >= 0.6 is 0 Å². The number of hydrogen-bond acceptors (Lipinski definition) is 4. The molecule has 0 radical (unpaired) electrons. The molecule has 0 aliphatic carbocycles. The van der Waals surface area contributed by atoms with E-state index < -0.39 is 7.12 Å². The van der Waals surface area contributed by atoms with Gasteiger partial charge in [-0.15, -0.1) is 0 Å². The van der Waals surface area contributed by atoms with Crippen molar-refractivity contribution in [1.29, 1.82) is 0 Å². The molecule has 0 spiro atoms. The van der Waals surface area contributed by atoms with Gasteiger partial charge in [-0.1, -0.05) is 0 Å². The molecule has 2 aromatic heterocycles. The van der Waals surface area contributed by atoms with Crippen LogP contribution in [0.5, 0.6) is 0 Å². The van der Waals surface area contributed by atoms with E-state index in [1.165, 1.54) is 0 Å². The van der Waals surface area contributed by atoms with Crippen molar-refractivity contribution in [3.63, 3.8) is 0 Å². The molecule has 0 saturated carbocycles. The molecule has 0 unspecified atom stereocenters. The maximum absolute atomic E-state index is 8.76. The summed E-state index contributed by atoms with van der Waals surface area (Å²) in [6.07, 6.45) is 1.58. The van der Waals surface area contributed by atoms with E-state index in [-0.39, 0.29) is 5.66 Å². The Morgan fingerprint density at radius 2 is 2.25 bits per heavy atom. The number of rotatable bonds is 1. The molecule has 0 saturated heterocycles. The Morgan fingerprint density at radius 1 is 1.42 bits per heavy atom. The van der Waals surface area contributed by atoms with Gasteiger partial charge >= 0.3 is 7.12 Å². The zero-order chi connectivity index (χ0) is 8.55. The molecule has 0 aliphatic heterocycles. The average molecular weight is 163 g/mol. The van der Waals surface area contributed by atoms with E-state index in [1.807, 2.05) is 0 Å². The first kappa shape index (κ1) is 7.33. The molecule has 0 amide bonds. The van der Waals surface area contributed by atoms with E-state index in [1.54, 1.807) is 24.4 Å². The zero-order valence-corrected chi connectivity index (χ0v) is 6.14. The van der Waals surface area contributed by atoms with Gasteiger partial charge in [-0.2, -0.15) is 0 Å². The summed E-state index contributed by atoms with van der Waals surface area (Å²) >= 11 is 0. The van der Waals surface area contributed by atoms with Gasteiger partial charge in [0.1, 0.15) is 5.66 Å². The van der Waals surface area contributed by atoms with Crippen LogP contribution in [0.15, 0.2) is 28.8 Å². The summed E-state index contributed by atoms with van der Waals surface area (Å²) in [5.74, 6) is 0. The van der Waals surface area contributed by atoms with Crippen molar-refractivity contribution >= 4 is 23.9 Å². The van der Waals surface area contributed by atoms with Crippen LogP contribution in [0, 0.1) is 0 Å². The van der Waals surface area contributed by atoms with E-state index in [9.17, 15) is 0 Å². The topological polar surface area (TPSA) is 66.5 Å². The molecule has 0 aromatic carbocycles. The summed E-state index contributed by atoms with van der Waals surface area (Å²) < 4.78 is 5.02. The monoisotopic (exact) mass is 163 g/mol. The highest BCUT2D eigenvalue weighted by Gasteiger charge is 2.16. The van der Waals surface area contributed by atoms with Gasteiger partial charge in [0, 0.05) is 11.6 Å². The molecular weight excluding hydrogens is 157 g/mol. The molecule has 60 valence electrons. The molecule has 0 bridgehead atoms. The van der Waals surface area contributed by atoms with Gasteiger partial charge < -0.3 is 14.5 Å². The molecule has 2 heterocycles. The lowest BCUT2D eigenvalue weighted by atomic mass is 9.88. The first-order valence-corrected chi connectivity index (χ1v) is 3.48. The number of nitrogens with zero attached hydrogens (tertiary/aromatic N) is 1. The van der Waals surface area contributed by atoms with Gasteiger partial charge in [0.05, 0.1) is 0 Å². The van der Waals surface area contributed by atoms with Crippen molar-refractivity contribution in [1.82, 2.24) is 4.98 Å². The molecule has 0 aliphatic rings. The summed E-state index contributed by atoms with van der Waals surface area (Å²) in [4.78, 5) is 3.90. The van der Waals surface area contributed by atoms with E-state index in [4.69, 9.17) is 14.5 Å². The van der Waals surface area contributed by atoms with E-state index in [0.717, 1.165) is 5.39 Å². The van der Waals surface area contributed by atoms with Crippen molar-refractivity contribution in [2.45, 2.75) is 0 Å². The molecule has 0 atom stereocenters. The fourth-order valence-corrected chi connectivity index (χ4v) is 1.02. The molecule has 12 heavy (non-hydrogen) atoms. The third-order valence-electron chi connectivity index (χ3n) is 1.57. The van der Waals surface area contributed by atoms with Crippen LogP contribution < -0.4 is 5.66 Å². The summed E-state index contributed by atoms with van der Waals surface area (Å²) in [5, 5.41) is 18.3. The number of hydrogen-bond donors (Lipinski definition) is 2. The van der Waals surface area contributed by atoms with Gasteiger partial charge in [-0.05, 0) is 18.2 Å². The fourth-order valence-electron chi connectivity index (χ4n) is 1.02. The Bertz CT molecular complexity index is 365. The number of fused-ring (bicyclic) bond motifs is 1. The highest BCUT2D eigenvalue weighted by atomic mass is 16.4. The molecular formula is C7H6BNO3. The van der Waals surface area contributed by atoms with Crippen molar-refractivity contribution in [2.24, 2.45) is 0 Å². The molecule has 5 heteroatoms. The van der Waals surface area contributed by atoms with Gasteiger partial charge in [0.2, 0.25) is 5.71 Å². The van der Waals surface area contributed by atoms with Crippen LogP contribution in [0.2, 0.25) is 0 Å². The first-order chi connectivity index (χ1) is 5.77. The van der Waals surface area contributed by atoms with Gasteiger partial charge in [-0.25, -0.2) is 4.98 Å². The van der Waals surface area contributed by atoms with E-state index in [2.05, 4.69) is 4.98 Å². The second-order valence-electron chi connectivity index (χ2n) is 2.42. The SMILES string of the molecule is OB(O)c1cc2cccnc2o1. The van der Waals surface area contributed by atoms with Crippen LogP contribution in [-0.2, 0) is 0 Å². The summed E-state index contributed by atoms with van der Waals surface area (Å²) in [5.41, 5.74) is 0.532. The van der Waals surface area contributed by atoms with Crippen LogP contribution in [0.4, 0.5) is 0 Å². The third-order valence-corrected chi connectivity index (χ3v) is 1.57. The van der Waals surface area contributed by atoms with Gasteiger partial charge in [0.15, 0.2) is 0 Å². The molecule has 2 aromatic rings. The van der Waals surface area contributed by atoms with Crippen LogP contribution in [0.3, 0.4) is 0 Å². The summed E-state index contributed by atoms with van der Waals surface area (Å²) in [6, 6.07) is 5.09. The van der Waals surface area contributed by atoms with Crippen LogP contribution in [0.1, 0.15) is 0 Å². The van der Waals surface area contributed by atoms with Crippen molar-refractivity contribution in [3.05, 3.63) is 24.4 Å². The van der Waals surface area contributed by atoms with Crippen molar-refractivity contribution in [3.8, 4) is 0 Å². The molecule has 2 N–H and O–H groups in total. The lowest BCUT2D eigenvalue weighted by molar-refractivity contribution is 0.412. The Balaban J connectivity index is 2.62. The van der Waals surface area contributed by atoms with E-state index in [0.29, 0.717) is 5.71 Å². The Hall–Kier alpha value is -1.33. The van der Waals surface area contributed by atoms with Crippen molar-refractivity contribution < 1.29 is 14.5 Å². The quantitative estimate of drug-likeness (QED) is 0.556. The predicted octanol–water partition coefficient (Wildman–Crippen LogP) is -0.492. The standard InChI is InChI=1S/C7H6BNO3/c10-8(11)6-4-5-2-1-3-9-7(5)12-6/h1-4,10-11H. The number of pyridine rings is 1. The highest BCUT2D eigenvalue weighted by Crippen LogP contribution is 2.09. The van der Waals surface area contributed by atoms with Gasteiger partial charge in [-0.3, -0.25) is 0 Å². The Morgan fingerprint density at radius 3 is 2.92 bits per heavy atom. The largest absolute Gasteiger partial charge is 0.526 e. The number of aromatic nitrogens is 1. The second-order valence-corrected chi connectivity index (χ2v) is 2.42. The summed E-state index contributed by atoms with van der Waals surface area (Å²) in [7, 11) is -1.57.